The van der Waals surface area contributed by atoms with Crippen LogP contribution in [0.2, 0.25) is 0 Å². The molecule has 0 fully saturated rings. The molecule has 7 nitrogen and oxygen atoms in total. The van der Waals surface area contributed by atoms with Crippen molar-refractivity contribution in [1.82, 2.24) is 13.7 Å². The van der Waals surface area contributed by atoms with Crippen LogP contribution in [-0.4, -0.2) is 19.6 Å². The van der Waals surface area contributed by atoms with Crippen molar-refractivity contribution in [2.45, 2.75) is 6.54 Å². The molecule has 0 saturated carbocycles. The van der Waals surface area contributed by atoms with E-state index in [1.807, 2.05) is 24.3 Å². The summed E-state index contributed by atoms with van der Waals surface area (Å²) in [6, 6.07) is 7.37. The fourth-order valence-corrected chi connectivity index (χ4v) is 3.23. The lowest BCUT2D eigenvalue weighted by Crippen LogP contribution is -2.36. The number of amides is 1. The first-order valence-corrected chi connectivity index (χ1v) is 7.93. The molecule has 2 heterocycles. The number of benzene rings is 1. The van der Waals surface area contributed by atoms with Crippen LogP contribution in [-0.2, 0) is 25.4 Å². The number of carbonyl (C=O) groups excluding carboxylic acids is 1. The lowest BCUT2D eigenvalue weighted by Gasteiger charge is -2.08. The van der Waals surface area contributed by atoms with Gasteiger partial charge in [-0.25, -0.2) is 4.79 Å². The molecule has 8 heteroatoms. The van der Waals surface area contributed by atoms with Crippen molar-refractivity contribution in [3.8, 4) is 11.3 Å². The summed E-state index contributed by atoms with van der Waals surface area (Å²) in [5.41, 5.74) is 6.26. The molecule has 24 heavy (non-hydrogen) atoms. The number of aryl methyl sites for hydroxylation is 1. The van der Waals surface area contributed by atoms with Gasteiger partial charge in [0.15, 0.2) is 0 Å². The smallest absolute Gasteiger partial charge is 0.330 e. The zero-order chi connectivity index (χ0) is 17.6. The van der Waals surface area contributed by atoms with Crippen LogP contribution >= 0.6 is 15.9 Å². The molecule has 1 amide bonds. The first kappa shape index (κ1) is 16.3. The van der Waals surface area contributed by atoms with E-state index in [4.69, 9.17) is 5.73 Å². The Morgan fingerprint density at radius 1 is 1.21 bits per heavy atom. The van der Waals surface area contributed by atoms with Crippen LogP contribution in [0.1, 0.15) is 0 Å². The molecule has 3 aromatic rings. The maximum absolute atomic E-state index is 12.7. The summed E-state index contributed by atoms with van der Waals surface area (Å²) in [6.45, 7) is -0.0894. The first-order chi connectivity index (χ1) is 11.3. The maximum atomic E-state index is 12.7. The highest BCUT2D eigenvalue weighted by molar-refractivity contribution is 9.10. The van der Waals surface area contributed by atoms with E-state index in [0.717, 1.165) is 14.6 Å². The van der Waals surface area contributed by atoms with Gasteiger partial charge in [-0.1, -0.05) is 28.1 Å². The van der Waals surface area contributed by atoms with Gasteiger partial charge in [-0.15, -0.1) is 0 Å². The largest absolute Gasteiger partial charge is 0.368 e. The van der Waals surface area contributed by atoms with Gasteiger partial charge < -0.3 is 10.3 Å². The minimum atomic E-state index is -0.534. The summed E-state index contributed by atoms with van der Waals surface area (Å²) in [5, 5.41) is 0.374. The molecule has 0 saturated heterocycles. The minimum absolute atomic E-state index is 0.0894. The molecule has 0 aliphatic rings. The molecule has 0 spiro atoms. The van der Waals surface area contributed by atoms with E-state index in [9.17, 15) is 14.4 Å². The van der Waals surface area contributed by atoms with Gasteiger partial charge in [-0.3, -0.25) is 18.7 Å². The fraction of sp³-hybridized carbons (Fsp3) is 0.188. The highest BCUT2D eigenvalue weighted by Crippen LogP contribution is 2.29. The topological polar surface area (TPSA) is 92.0 Å². The number of nitrogens with two attached hydrogens (primary N) is 1. The van der Waals surface area contributed by atoms with Gasteiger partial charge >= 0.3 is 5.69 Å². The number of rotatable bonds is 3. The van der Waals surface area contributed by atoms with Gasteiger partial charge in [0.05, 0.1) is 16.6 Å². The Labute approximate surface area is 145 Å². The SMILES string of the molecule is Cn1c(=O)c2c(-c3cccc(Br)c3)n(CC(N)=O)cc2n(C)c1=O. The lowest BCUT2D eigenvalue weighted by molar-refractivity contribution is -0.118. The molecule has 0 radical (unpaired) electrons. The fourth-order valence-electron chi connectivity index (χ4n) is 2.83. The second-order valence-corrected chi connectivity index (χ2v) is 6.46. The third-order valence-corrected chi connectivity index (χ3v) is 4.43. The Balaban J connectivity index is 2.51. The summed E-state index contributed by atoms with van der Waals surface area (Å²) in [5.74, 6) is -0.534. The minimum Gasteiger partial charge on any atom is -0.368 e. The number of hydrogen-bond acceptors (Lipinski definition) is 3. The molecule has 0 bridgehead atoms. The Bertz CT molecular complexity index is 1090. The van der Waals surface area contributed by atoms with Gasteiger partial charge in [-0.05, 0) is 12.1 Å². The first-order valence-electron chi connectivity index (χ1n) is 7.14. The van der Waals surface area contributed by atoms with Gasteiger partial charge in [0, 0.05) is 30.3 Å². The molecule has 3 rings (SSSR count). The predicted molar refractivity (Wildman–Crippen MR) is 94.8 cm³/mol. The standard InChI is InChI=1S/C16H15BrN4O3/c1-19-11-7-21(8-12(18)22)14(9-4-3-5-10(17)6-9)13(11)15(23)20(2)16(19)24/h3-7H,8H2,1-2H3,(H2,18,22). The highest BCUT2D eigenvalue weighted by atomic mass is 79.9. The number of halogens is 1. The van der Waals surface area contributed by atoms with Gasteiger partial charge in [0.2, 0.25) is 5.91 Å². The number of primary amides is 1. The average Bonchev–Trinajstić information content (AvgIpc) is 2.89. The van der Waals surface area contributed by atoms with Gasteiger partial charge in [-0.2, -0.15) is 0 Å². The van der Waals surface area contributed by atoms with Crippen LogP contribution in [0.4, 0.5) is 0 Å². The Morgan fingerprint density at radius 2 is 1.92 bits per heavy atom. The molecule has 0 atom stereocenters. The average molecular weight is 391 g/mol. The van der Waals surface area contributed by atoms with Crippen molar-refractivity contribution in [1.29, 1.82) is 0 Å². The summed E-state index contributed by atoms with van der Waals surface area (Å²) in [7, 11) is 3.02. The number of carbonyl (C=O) groups is 1. The van der Waals surface area contributed by atoms with Crippen molar-refractivity contribution >= 4 is 32.7 Å². The highest BCUT2D eigenvalue weighted by Gasteiger charge is 2.20. The van der Waals surface area contributed by atoms with Crippen LogP contribution in [0.3, 0.4) is 0 Å². The Hall–Kier alpha value is -2.61. The van der Waals surface area contributed by atoms with E-state index in [0.29, 0.717) is 16.6 Å². The predicted octanol–water partition coefficient (Wildman–Crippen LogP) is 0.953. The summed E-state index contributed by atoms with van der Waals surface area (Å²) >= 11 is 3.41. The summed E-state index contributed by atoms with van der Waals surface area (Å²) in [4.78, 5) is 36.3. The normalized spacial score (nSPS) is 11.1. The number of fused-ring (bicyclic) bond motifs is 1. The van der Waals surface area contributed by atoms with E-state index >= 15 is 0 Å². The van der Waals surface area contributed by atoms with E-state index in [-0.39, 0.29) is 6.54 Å². The third kappa shape index (κ3) is 2.48. The molecule has 2 aromatic heterocycles. The molecule has 0 aliphatic carbocycles. The number of aromatic nitrogens is 3. The molecule has 0 unspecified atom stereocenters. The zero-order valence-corrected chi connectivity index (χ0v) is 14.7. The van der Waals surface area contributed by atoms with Crippen molar-refractivity contribution in [3.05, 3.63) is 55.8 Å². The van der Waals surface area contributed by atoms with E-state index in [1.54, 1.807) is 17.8 Å². The molecule has 0 aliphatic heterocycles. The maximum Gasteiger partial charge on any atom is 0.330 e. The van der Waals surface area contributed by atoms with E-state index < -0.39 is 17.2 Å². The number of hydrogen-bond donors (Lipinski definition) is 1. The lowest BCUT2D eigenvalue weighted by atomic mass is 10.1. The zero-order valence-electron chi connectivity index (χ0n) is 13.1. The monoisotopic (exact) mass is 390 g/mol. The molecule has 1 aromatic carbocycles. The van der Waals surface area contributed by atoms with Gasteiger partial charge in [0.1, 0.15) is 6.54 Å². The van der Waals surface area contributed by atoms with Crippen molar-refractivity contribution in [2.24, 2.45) is 19.8 Å². The van der Waals surface area contributed by atoms with Crippen LogP contribution in [0.15, 0.2) is 44.5 Å². The molecular formula is C16H15BrN4O3. The van der Waals surface area contributed by atoms with Crippen LogP contribution < -0.4 is 17.0 Å². The molecule has 124 valence electrons. The number of nitrogens with zero attached hydrogens (tertiary/aromatic N) is 3. The van der Waals surface area contributed by atoms with Crippen LogP contribution in [0.5, 0.6) is 0 Å². The van der Waals surface area contributed by atoms with Crippen molar-refractivity contribution in [2.75, 3.05) is 0 Å². The van der Waals surface area contributed by atoms with Crippen LogP contribution in [0, 0.1) is 0 Å². The molecule has 2 N–H and O–H groups in total. The molecular weight excluding hydrogens is 376 g/mol. The second-order valence-electron chi connectivity index (χ2n) is 5.55. The Morgan fingerprint density at radius 3 is 2.54 bits per heavy atom. The summed E-state index contributed by atoms with van der Waals surface area (Å²) < 4.78 is 4.88. The van der Waals surface area contributed by atoms with Crippen molar-refractivity contribution in [3.63, 3.8) is 0 Å². The van der Waals surface area contributed by atoms with Crippen molar-refractivity contribution < 1.29 is 4.79 Å². The quantitative estimate of drug-likeness (QED) is 0.721. The second kappa shape index (κ2) is 5.79. The Kier molecular flexibility index (Phi) is 3.92. The van der Waals surface area contributed by atoms with E-state index in [2.05, 4.69) is 15.9 Å². The third-order valence-electron chi connectivity index (χ3n) is 3.94. The van der Waals surface area contributed by atoms with E-state index in [1.165, 1.54) is 11.6 Å². The van der Waals surface area contributed by atoms with Gasteiger partial charge in [0.25, 0.3) is 5.56 Å². The van der Waals surface area contributed by atoms with Crippen LogP contribution in [0.25, 0.3) is 22.2 Å². The summed E-state index contributed by atoms with van der Waals surface area (Å²) in [6.07, 6.45) is 1.61.